The summed E-state index contributed by atoms with van der Waals surface area (Å²) in [6.45, 7) is 5.82. The largest absolute Gasteiger partial charge is 0.494 e. The molecule has 0 aliphatic heterocycles. The fourth-order valence-electron chi connectivity index (χ4n) is 3.85. The van der Waals surface area contributed by atoms with Gasteiger partial charge in [-0.1, -0.05) is 54.1 Å². The number of aromatic amines is 1. The number of esters is 1. The number of ether oxygens (including phenoxy) is 1. The number of aromatic nitrogens is 1. The Morgan fingerprint density at radius 3 is 2.47 bits per heavy atom. The number of rotatable bonds is 6. The first-order valence-corrected chi connectivity index (χ1v) is 11.3. The van der Waals surface area contributed by atoms with Crippen LogP contribution in [0.25, 0.3) is 10.9 Å². The van der Waals surface area contributed by atoms with Gasteiger partial charge in [0.15, 0.2) is 5.88 Å². The standard InChI is InChI=1S/C27H26ClN3O3/c1-4-34-26(33)17-10-12-19-22(14-17)31-25(32)23(19)24(16-8-6-5-7-9-16)30-18-11-13-20(21(28)15-18)27(2,3)29/h5-15,31-32H,4,29H2,1-3H3. The predicted molar refractivity (Wildman–Crippen MR) is 136 cm³/mol. The van der Waals surface area contributed by atoms with Gasteiger partial charge < -0.3 is 20.6 Å². The van der Waals surface area contributed by atoms with Crippen molar-refractivity contribution in [2.24, 2.45) is 10.7 Å². The molecular formula is C27H26ClN3O3. The van der Waals surface area contributed by atoms with E-state index in [-0.39, 0.29) is 12.5 Å². The maximum atomic E-state index is 12.2. The Morgan fingerprint density at radius 1 is 1.09 bits per heavy atom. The minimum Gasteiger partial charge on any atom is -0.494 e. The molecule has 0 aliphatic carbocycles. The van der Waals surface area contributed by atoms with Gasteiger partial charge >= 0.3 is 5.97 Å². The van der Waals surface area contributed by atoms with Gasteiger partial charge in [-0.25, -0.2) is 9.79 Å². The molecule has 34 heavy (non-hydrogen) atoms. The molecular weight excluding hydrogens is 450 g/mol. The molecule has 0 fully saturated rings. The summed E-state index contributed by atoms with van der Waals surface area (Å²) < 4.78 is 5.09. The molecule has 0 unspecified atom stereocenters. The SMILES string of the molecule is CCOC(=O)c1ccc2c(C(=Nc3ccc(C(C)(C)N)c(Cl)c3)c3ccccc3)c(O)[nH]c2c1. The normalized spacial score (nSPS) is 12.2. The smallest absolute Gasteiger partial charge is 0.338 e. The Balaban J connectivity index is 1.89. The molecule has 1 heterocycles. The van der Waals surface area contributed by atoms with Crippen molar-refractivity contribution in [2.75, 3.05) is 6.61 Å². The molecule has 0 aliphatic rings. The number of benzene rings is 3. The van der Waals surface area contributed by atoms with Crippen molar-refractivity contribution in [3.05, 3.63) is 94.0 Å². The van der Waals surface area contributed by atoms with Gasteiger partial charge in [-0.3, -0.25) is 0 Å². The van der Waals surface area contributed by atoms with E-state index in [2.05, 4.69) is 4.98 Å². The average molecular weight is 476 g/mol. The Hall–Kier alpha value is -3.61. The van der Waals surface area contributed by atoms with Crippen LogP contribution in [-0.2, 0) is 10.3 Å². The summed E-state index contributed by atoms with van der Waals surface area (Å²) in [4.78, 5) is 20.0. The lowest BCUT2D eigenvalue weighted by molar-refractivity contribution is 0.0526. The number of nitrogens with zero attached hydrogens (tertiary/aromatic N) is 1. The van der Waals surface area contributed by atoms with Gasteiger partial charge in [0, 0.05) is 27.0 Å². The number of fused-ring (bicyclic) bond motifs is 1. The van der Waals surface area contributed by atoms with Crippen LogP contribution < -0.4 is 5.73 Å². The number of hydrogen-bond donors (Lipinski definition) is 3. The van der Waals surface area contributed by atoms with Gasteiger partial charge in [-0.15, -0.1) is 0 Å². The Bertz CT molecular complexity index is 1390. The third-order valence-corrected chi connectivity index (χ3v) is 5.77. The monoisotopic (exact) mass is 475 g/mol. The zero-order valence-corrected chi connectivity index (χ0v) is 20.0. The zero-order chi connectivity index (χ0) is 24.5. The van der Waals surface area contributed by atoms with Crippen LogP contribution in [-0.4, -0.2) is 28.4 Å². The van der Waals surface area contributed by atoms with Crippen LogP contribution in [0.3, 0.4) is 0 Å². The first-order valence-electron chi connectivity index (χ1n) is 10.9. The molecule has 0 saturated carbocycles. The molecule has 4 N–H and O–H groups in total. The highest BCUT2D eigenvalue weighted by Crippen LogP contribution is 2.34. The second kappa shape index (κ2) is 9.33. The summed E-state index contributed by atoms with van der Waals surface area (Å²) in [5.41, 5.74) is 9.95. The molecule has 174 valence electrons. The fraction of sp³-hybridized carbons (Fsp3) is 0.185. The molecule has 4 rings (SSSR count). The third-order valence-electron chi connectivity index (χ3n) is 5.46. The van der Waals surface area contributed by atoms with Gasteiger partial charge in [0.25, 0.3) is 0 Å². The van der Waals surface area contributed by atoms with E-state index in [4.69, 9.17) is 27.1 Å². The number of hydrogen-bond acceptors (Lipinski definition) is 5. The second-order valence-electron chi connectivity index (χ2n) is 8.54. The number of H-pyrrole nitrogens is 1. The van der Waals surface area contributed by atoms with Crippen LogP contribution >= 0.6 is 11.6 Å². The van der Waals surface area contributed by atoms with Crippen molar-refractivity contribution in [3.8, 4) is 5.88 Å². The first-order chi connectivity index (χ1) is 16.2. The van der Waals surface area contributed by atoms with E-state index in [0.717, 1.165) is 16.5 Å². The first kappa shape index (κ1) is 23.5. The third kappa shape index (κ3) is 4.69. The van der Waals surface area contributed by atoms with E-state index in [9.17, 15) is 9.90 Å². The van der Waals surface area contributed by atoms with E-state index in [0.29, 0.717) is 33.1 Å². The summed E-state index contributed by atoms with van der Waals surface area (Å²) in [5.74, 6) is -0.473. The molecule has 0 amide bonds. The highest BCUT2D eigenvalue weighted by molar-refractivity contribution is 6.31. The highest BCUT2D eigenvalue weighted by Gasteiger charge is 2.21. The number of nitrogens with two attached hydrogens (primary N) is 1. The number of nitrogens with one attached hydrogen (secondary N) is 1. The predicted octanol–water partition coefficient (Wildman–Crippen LogP) is 6.07. The van der Waals surface area contributed by atoms with E-state index >= 15 is 0 Å². The summed E-state index contributed by atoms with van der Waals surface area (Å²) >= 11 is 6.52. The lowest BCUT2D eigenvalue weighted by Crippen LogP contribution is -2.28. The van der Waals surface area contributed by atoms with Gasteiger partial charge in [0.1, 0.15) is 0 Å². The zero-order valence-electron chi connectivity index (χ0n) is 19.2. The van der Waals surface area contributed by atoms with Crippen LogP contribution in [0, 0.1) is 0 Å². The maximum absolute atomic E-state index is 12.2. The Labute approximate surface area is 203 Å². The van der Waals surface area contributed by atoms with Crippen LogP contribution in [0.2, 0.25) is 5.02 Å². The Morgan fingerprint density at radius 2 is 1.82 bits per heavy atom. The molecule has 6 nitrogen and oxygen atoms in total. The van der Waals surface area contributed by atoms with Crippen molar-refractivity contribution in [1.82, 2.24) is 4.98 Å². The quantitative estimate of drug-likeness (QED) is 0.233. The molecule has 0 saturated heterocycles. The summed E-state index contributed by atoms with van der Waals surface area (Å²) in [7, 11) is 0. The summed E-state index contributed by atoms with van der Waals surface area (Å²) in [6.07, 6.45) is 0. The lowest BCUT2D eigenvalue weighted by atomic mass is 9.95. The highest BCUT2D eigenvalue weighted by atomic mass is 35.5. The number of aliphatic imine (C=N–C) groups is 1. The number of halogens is 1. The second-order valence-corrected chi connectivity index (χ2v) is 8.95. The number of carbonyl (C=O) groups is 1. The van der Waals surface area contributed by atoms with Crippen molar-refractivity contribution in [3.63, 3.8) is 0 Å². The topological polar surface area (TPSA) is 101 Å². The molecule has 0 radical (unpaired) electrons. The summed E-state index contributed by atoms with van der Waals surface area (Å²) in [5, 5.41) is 12.1. The number of aromatic hydroxyl groups is 1. The Kier molecular flexibility index (Phi) is 6.46. The van der Waals surface area contributed by atoms with E-state index in [1.807, 2.05) is 56.3 Å². The van der Waals surface area contributed by atoms with Crippen molar-refractivity contribution < 1.29 is 14.6 Å². The van der Waals surface area contributed by atoms with Crippen LogP contribution in [0.4, 0.5) is 5.69 Å². The molecule has 4 aromatic rings. The molecule has 0 atom stereocenters. The molecule has 3 aromatic carbocycles. The van der Waals surface area contributed by atoms with Crippen LogP contribution in [0.15, 0.2) is 71.7 Å². The van der Waals surface area contributed by atoms with Gasteiger partial charge in [-0.05, 0) is 50.6 Å². The lowest BCUT2D eigenvalue weighted by Gasteiger charge is -2.20. The summed E-state index contributed by atoms with van der Waals surface area (Å²) in [6, 6.07) is 20.2. The molecule has 1 aromatic heterocycles. The van der Waals surface area contributed by atoms with Crippen molar-refractivity contribution in [1.29, 1.82) is 0 Å². The fourth-order valence-corrected chi connectivity index (χ4v) is 4.27. The van der Waals surface area contributed by atoms with Crippen molar-refractivity contribution >= 4 is 39.9 Å². The van der Waals surface area contributed by atoms with Crippen LogP contribution in [0.5, 0.6) is 5.88 Å². The van der Waals surface area contributed by atoms with E-state index < -0.39 is 11.5 Å². The average Bonchev–Trinajstić information content (AvgIpc) is 3.12. The number of carbonyl (C=O) groups excluding carboxylic acids is 1. The molecule has 0 spiro atoms. The van der Waals surface area contributed by atoms with Gasteiger partial charge in [-0.2, -0.15) is 0 Å². The molecule has 7 heteroatoms. The van der Waals surface area contributed by atoms with E-state index in [1.54, 1.807) is 31.2 Å². The van der Waals surface area contributed by atoms with Crippen LogP contribution in [0.1, 0.15) is 47.8 Å². The minimum absolute atomic E-state index is 0.0515. The molecule has 0 bridgehead atoms. The maximum Gasteiger partial charge on any atom is 0.338 e. The minimum atomic E-state index is -0.590. The van der Waals surface area contributed by atoms with Gasteiger partial charge in [0.2, 0.25) is 0 Å². The van der Waals surface area contributed by atoms with Crippen molar-refractivity contribution in [2.45, 2.75) is 26.3 Å². The van der Waals surface area contributed by atoms with Gasteiger partial charge in [0.05, 0.1) is 29.1 Å². The van der Waals surface area contributed by atoms with E-state index in [1.165, 1.54) is 0 Å².